The van der Waals surface area contributed by atoms with Crippen molar-refractivity contribution in [3.8, 4) is 22.6 Å². The molecule has 4 aromatic rings. The van der Waals surface area contributed by atoms with Crippen LogP contribution in [0.4, 0.5) is 11.4 Å². The molecule has 0 unspecified atom stereocenters. The van der Waals surface area contributed by atoms with E-state index in [0.717, 1.165) is 24.0 Å². The van der Waals surface area contributed by atoms with Crippen molar-refractivity contribution in [1.29, 1.82) is 0 Å². The predicted molar refractivity (Wildman–Crippen MR) is 152 cm³/mol. The molecule has 204 valence electrons. The summed E-state index contributed by atoms with van der Waals surface area (Å²) in [6.45, 7) is 2.29. The molecular formula is C31H29N3O6. The molecule has 0 fully saturated rings. The van der Waals surface area contributed by atoms with Gasteiger partial charge in [0.05, 0.1) is 30.5 Å². The largest absolute Gasteiger partial charge is 0.508 e. The molecule has 9 heteroatoms. The van der Waals surface area contributed by atoms with Crippen LogP contribution < -0.4 is 15.4 Å². The number of phenolic OH excluding ortho intramolecular Hbond substituents is 1. The number of nitrogens with one attached hydrogen (secondary N) is 2. The fourth-order valence-electron chi connectivity index (χ4n) is 3.82. The average molecular weight is 540 g/mol. The van der Waals surface area contributed by atoms with E-state index in [-0.39, 0.29) is 22.8 Å². The molecule has 0 saturated carbocycles. The molecule has 1 aromatic heterocycles. The molecule has 0 radical (unpaired) electrons. The van der Waals surface area contributed by atoms with Crippen molar-refractivity contribution >= 4 is 29.2 Å². The van der Waals surface area contributed by atoms with Gasteiger partial charge in [-0.3, -0.25) is 14.6 Å². The number of anilines is 2. The second-order valence-electron chi connectivity index (χ2n) is 8.90. The number of esters is 1. The third-order valence-electron chi connectivity index (χ3n) is 6.02. The molecule has 0 aliphatic rings. The molecule has 0 spiro atoms. The number of aromatic nitrogens is 1. The molecule has 0 aliphatic carbocycles. The number of pyridine rings is 1. The number of amides is 2. The summed E-state index contributed by atoms with van der Waals surface area (Å²) < 4.78 is 10.6. The molecule has 0 saturated heterocycles. The molecule has 1 heterocycles. The van der Waals surface area contributed by atoms with Crippen LogP contribution in [0, 0.1) is 0 Å². The van der Waals surface area contributed by atoms with Crippen LogP contribution in [0.3, 0.4) is 0 Å². The van der Waals surface area contributed by atoms with Crippen molar-refractivity contribution in [2.45, 2.75) is 19.8 Å². The summed E-state index contributed by atoms with van der Waals surface area (Å²) in [7, 11) is 1.48. The Morgan fingerprint density at radius 3 is 2.12 bits per heavy atom. The molecule has 0 atom stereocenters. The van der Waals surface area contributed by atoms with E-state index in [2.05, 4.69) is 15.6 Å². The van der Waals surface area contributed by atoms with Gasteiger partial charge in [-0.1, -0.05) is 37.6 Å². The van der Waals surface area contributed by atoms with E-state index in [9.17, 15) is 19.5 Å². The minimum atomic E-state index is -0.541. The van der Waals surface area contributed by atoms with Gasteiger partial charge in [-0.15, -0.1) is 0 Å². The van der Waals surface area contributed by atoms with Crippen molar-refractivity contribution in [1.82, 2.24) is 4.98 Å². The Kier molecular flexibility index (Phi) is 9.09. The number of rotatable bonds is 10. The van der Waals surface area contributed by atoms with E-state index in [1.807, 2.05) is 19.1 Å². The number of ether oxygens (including phenoxy) is 2. The van der Waals surface area contributed by atoms with Gasteiger partial charge in [0.25, 0.3) is 11.8 Å². The van der Waals surface area contributed by atoms with E-state index >= 15 is 0 Å². The normalized spacial score (nSPS) is 10.4. The van der Waals surface area contributed by atoms with Gasteiger partial charge in [-0.05, 0) is 66.1 Å². The Balaban J connectivity index is 1.45. The summed E-state index contributed by atoms with van der Waals surface area (Å²) in [6.07, 6.45) is 4.35. The first-order valence-electron chi connectivity index (χ1n) is 12.7. The summed E-state index contributed by atoms with van der Waals surface area (Å²) in [5.74, 6) is -0.799. The van der Waals surface area contributed by atoms with Gasteiger partial charge < -0.3 is 25.2 Å². The van der Waals surface area contributed by atoms with Crippen LogP contribution in [-0.4, -0.2) is 41.6 Å². The average Bonchev–Trinajstić information content (AvgIpc) is 2.98. The Hall–Kier alpha value is -5.18. The van der Waals surface area contributed by atoms with Gasteiger partial charge in [0.15, 0.2) is 0 Å². The summed E-state index contributed by atoms with van der Waals surface area (Å²) in [6, 6.07) is 20.1. The molecule has 3 N–H and O–H groups in total. The smallest absolute Gasteiger partial charge is 0.339 e. The number of benzene rings is 3. The monoisotopic (exact) mass is 539 g/mol. The Morgan fingerprint density at radius 1 is 0.800 bits per heavy atom. The van der Waals surface area contributed by atoms with E-state index in [1.54, 1.807) is 54.6 Å². The standard InChI is InChI=1S/C31H29N3O6/c1-3-4-15-40-31(38)24-16-23(18-32-19-24)30(37)33-25-11-14-28(39-2)27(17-25)34-29(36)22-7-5-20(6-8-22)21-9-12-26(35)13-10-21/h5-14,16-19,35H,3-4,15H2,1-2H3,(H,33,37)(H,34,36). The highest BCUT2D eigenvalue weighted by molar-refractivity contribution is 6.07. The summed E-state index contributed by atoms with van der Waals surface area (Å²) in [5.41, 5.74) is 3.35. The quantitative estimate of drug-likeness (QED) is 0.169. The maximum atomic E-state index is 13.0. The van der Waals surface area contributed by atoms with Gasteiger partial charge in [0.2, 0.25) is 0 Å². The van der Waals surface area contributed by atoms with Gasteiger partial charge >= 0.3 is 5.97 Å². The molecule has 0 bridgehead atoms. The van der Waals surface area contributed by atoms with Gasteiger partial charge in [0, 0.05) is 23.6 Å². The molecule has 9 nitrogen and oxygen atoms in total. The van der Waals surface area contributed by atoms with Crippen LogP contribution in [0.1, 0.15) is 50.8 Å². The zero-order valence-corrected chi connectivity index (χ0v) is 22.1. The fraction of sp³-hybridized carbons (Fsp3) is 0.161. The first kappa shape index (κ1) is 27.8. The number of phenols is 1. The second-order valence-corrected chi connectivity index (χ2v) is 8.90. The van der Waals surface area contributed by atoms with Gasteiger partial charge in [-0.25, -0.2) is 4.79 Å². The third kappa shape index (κ3) is 7.02. The number of hydrogen-bond donors (Lipinski definition) is 3. The first-order valence-corrected chi connectivity index (χ1v) is 12.7. The predicted octanol–water partition coefficient (Wildman–Crippen LogP) is 5.92. The van der Waals surface area contributed by atoms with Crippen LogP contribution >= 0.6 is 0 Å². The van der Waals surface area contributed by atoms with Crippen LogP contribution in [-0.2, 0) is 4.74 Å². The number of nitrogens with zero attached hydrogens (tertiary/aromatic N) is 1. The molecule has 4 rings (SSSR count). The highest BCUT2D eigenvalue weighted by Gasteiger charge is 2.15. The van der Waals surface area contributed by atoms with Gasteiger partial charge in [0.1, 0.15) is 11.5 Å². The van der Waals surface area contributed by atoms with Crippen molar-refractivity contribution in [3.05, 3.63) is 102 Å². The van der Waals surface area contributed by atoms with E-state index in [0.29, 0.717) is 29.3 Å². The number of carbonyl (C=O) groups is 3. The van der Waals surface area contributed by atoms with E-state index in [4.69, 9.17) is 9.47 Å². The van der Waals surface area contributed by atoms with Crippen LogP contribution in [0.2, 0.25) is 0 Å². The molecule has 2 amide bonds. The van der Waals surface area contributed by atoms with Crippen LogP contribution in [0.15, 0.2) is 85.2 Å². The van der Waals surface area contributed by atoms with Crippen LogP contribution in [0.25, 0.3) is 11.1 Å². The minimum absolute atomic E-state index is 0.180. The molecule has 0 aliphatic heterocycles. The zero-order chi connectivity index (χ0) is 28.5. The number of unbranched alkanes of at least 4 members (excludes halogenated alkanes) is 1. The highest BCUT2D eigenvalue weighted by Crippen LogP contribution is 2.29. The zero-order valence-electron chi connectivity index (χ0n) is 22.1. The molecule has 40 heavy (non-hydrogen) atoms. The summed E-state index contributed by atoms with van der Waals surface area (Å²) >= 11 is 0. The first-order chi connectivity index (χ1) is 19.4. The Morgan fingerprint density at radius 2 is 1.45 bits per heavy atom. The molecule has 3 aromatic carbocycles. The van der Waals surface area contributed by atoms with Crippen molar-refractivity contribution < 1.29 is 29.0 Å². The molecular weight excluding hydrogens is 510 g/mol. The maximum absolute atomic E-state index is 13.0. The SMILES string of the molecule is CCCCOC(=O)c1cncc(C(=O)Nc2ccc(OC)c(NC(=O)c3ccc(-c4ccc(O)cc4)cc3)c2)c1. The van der Waals surface area contributed by atoms with E-state index in [1.165, 1.54) is 25.6 Å². The van der Waals surface area contributed by atoms with Crippen LogP contribution in [0.5, 0.6) is 11.5 Å². The Labute approximate surface area is 231 Å². The summed E-state index contributed by atoms with van der Waals surface area (Å²) in [5, 5.41) is 15.1. The second kappa shape index (κ2) is 13.1. The lowest BCUT2D eigenvalue weighted by molar-refractivity contribution is 0.0499. The lowest BCUT2D eigenvalue weighted by Gasteiger charge is -2.13. The number of aromatic hydroxyl groups is 1. The number of methoxy groups -OCH3 is 1. The van der Waals surface area contributed by atoms with Crippen molar-refractivity contribution in [3.63, 3.8) is 0 Å². The fourth-order valence-corrected chi connectivity index (χ4v) is 3.82. The number of hydrogen-bond acceptors (Lipinski definition) is 7. The Bertz CT molecular complexity index is 1500. The topological polar surface area (TPSA) is 127 Å². The van der Waals surface area contributed by atoms with Crippen molar-refractivity contribution in [2.75, 3.05) is 24.4 Å². The summed E-state index contributed by atoms with van der Waals surface area (Å²) in [4.78, 5) is 42.1. The van der Waals surface area contributed by atoms with Crippen molar-refractivity contribution in [2.24, 2.45) is 0 Å². The lowest BCUT2D eigenvalue weighted by Crippen LogP contribution is -2.15. The third-order valence-corrected chi connectivity index (χ3v) is 6.02. The van der Waals surface area contributed by atoms with E-state index < -0.39 is 11.9 Å². The lowest BCUT2D eigenvalue weighted by atomic mass is 10.0. The maximum Gasteiger partial charge on any atom is 0.339 e. The minimum Gasteiger partial charge on any atom is -0.508 e. The number of carbonyl (C=O) groups excluding carboxylic acids is 3. The van der Waals surface area contributed by atoms with Gasteiger partial charge in [-0.2, -0.15) is 0 Å². The highest BCUT2D eigenvalue weighted by atomic mass is 16.5.